The first-order valence-corrected chi connectivity index (χ1v) is 5.70. The molecule has 1 amide bonds. The van der Waals surface area contributed by atoms with Gasteiger partial charge in [0.2, 0.25) is 0 Å². The summed E-state index contributed by atoms with van der Waals surface area (Å²) in [5.41, 5.74) is 1.40. The van der Waals surface area contributed by atoms with Gasteiger partial charge in [0, 0.05) is 12.7 Å². The van der Waals surface area contributed by atoms with Gasteiger partial charge in [0.25, 0.3) is 5.91 Å². The highest BCUT2D eigenvalue weighted by molar-refractivity contribution is 5.96. The van der Waals surface area contributed by atoms with E-state index in [1.165, 1.54) is 0 Å². The zero-order valence-electron chi connectivity index (χ0n) is 10.5. The Bertz CT molecular complexity index is 414. The molecule has 18 heavy (non-hydrogen) atoms. The maximum atomic E-state index is 11.8. The van der Waals surface area contributed by atoms with E-state index in [1.54, 1.807) is 38.3 Å². The van der Waals surface area contributed by atoms with Crippen molar-refractivity contribution in [1.82, 2.24) is 5.32 Å². The number of carboxylic acids is 1. The minimum absolute atomic E-state index is 0.350. The zero-order valence-corrected chi connectivity index (χ0v) is 10.5. The van der Waals surface area contributed by atoms with Gasteiger partial charge in [-0.15, -0.1) is 0 Å². The van der Waals surface area contributed by atoms with Gasteiger partial charge in [-0.25, -0.2) is 4.79 Å². The average Bonchev–Trinajstić information content (AvgIpc) is 2.36. The topological polar surface area (TPSA) is 75.6 Å². The number of amides is 1. The summed E-state index contributed by atoms with van der Waals surface area (Å²) in [6.07, 6.45) is 0.350. The summed E-state index contributed by atoms with van der Waals surface area (Å²) in [6.45, 7) is 2.19. The molecule has 0 aliphatic carbocycles. The molecule has 0 heterocycles. The molecular formula is C13H17NO4. The van der Waals surface area contributed by atoms with Gasteiger partial charge in [-0.05, 0) is 24.1 Å². The predicted molar refractivity (Wildman–Crippen MR) is 66.3 cm³/mol. The third kappa shape index (κ3) is 3.85. The summed E-state index contributed by atoms with van der Waals surface area (Å²) in [5.74, 6) is -1.41. The van der Waals surface area contributed by atoms with E-state index in [9.17, 15) is 9.59 Å². The summed E-state index contributed by atoms with van der Waals surface area (Å²) in [6, 6.07) is 6.01. The number of rotatable bonds is 6. The molecule has 1 rings (SSSR count). The van der Waals surface area contributed by atoms with E-state index in [0.717, 1.165) is 5.56 Å². The van der Waals surface area contributed by atoms with Crippen LogP contribution in [0, 0.1) is 0 Å². The van der Waals surface area contributed by atoms with Crippen molar-refractivity contribution in [2.45, 2.75) is 26.0 Å². The van der Waals surface area contributed by atoms with Crippen LogP contribution in [0.5, 0.6) is 0 Å². The van der Waals surface area contributed by atoms with Crippen LogP contribution in [0.1, 0.15) is 29.3 Å². The van der Waals surface area contributed by atoms with E-state index in [4.69, 9.17) is 9.84 Å². The van der Waals surface area contributed by atoms with Crippen LogP contribution in [0.15, 0.2) is 24.3 Å². The summed E-state index contributed by atoms with van der Waals surface area (Å²) in [7, 11) is 1.60. The number of benzene rings is 1. The fraction of sp³-hybridized carbons (Fsp3) is 0.385. The number of carbonyl (C=O) groups excluding carboxylic acids is 1. The van der Waals surface area contributed by atoms with Gasteiger partial charge in [-0.1, -0.05) is 19.1 Å². The minimum atomic E-state index is -1.03. The van der Waals surface area contributed by atoms with Crippen molar-refractivity contribution in [3.63, 3.8) is 0 Å². The fourth-order valence-electron chi connectivity index (χ4n) is 1.50. The molecule has 0 aromatic heterocycles. The molecule has 0 saturated carbocycles. The molecule has 1 aromatic rings. The van der Waals surface area contributed by atoms with Crippen LogP contribution in [-0.2, 0) is 16.1 Å². The van der Waals surface area contributed by atoms with Gasteiger partial charge in [-0.3, -0.25) is 4.79 Å². The Hall–Kier alpha value is -1.88. The predicted octanol–water partition coefficient (Wildman–Crippen LogP) is 1.43. The molecule has 2 N–H and O–H groups in total. The molecule has 0 saturated heterocycles. The SMILES string of the molecule is CCC(NC(=O)c1ccc(COC)cc1)C(=O)O. The van der Waals surface area contributed by atoms with Crippen LogP contribution >= 0.6 is 0 Å². The molecule has 1 aromatic carbocycles. The van der Waals surface area contributed by atoms with E-state index in [2.05, 4.69) is 5.32 Å². The highest BCUT2D eigenvalue weighted by Crippen LogP contribution is 2.06. The number of carboxylic acid groups (broad SMARTS) is 1. The van der Waals surface area contributed by atoms with Crippen molar-refractivity contribution in [3.05, 3.63) is 35.4 Å². The van der Waals surface area contributed by atoms with Crippen LogP contribution in [0.3, 0.4) is 0 Å². The molecule has 5 nitrogen and oxygen atoms in total. The lowest BCUT2D eigenvalue weighted by Gasteiger charge is -2.12. The lowest BCUT2D eigenvalue weighted by molar-refractivity contribution is -0.139. The van der Waals surface area contributed by atoms with Gasteiger partial charge in [-0.2, -0.15) is 0 Å². The normalized spacial score (nSPS) is 11.9. The molecule has 98 valence electrons. The second-order valence-corrected chi connectivity index (χ2v) is 3.90. The van der Waals surface area contributed by atoms with E-state index < -0.39 is 12.0 Å². The Morgan fingerprint density at radius 1 is 1.33 bits per heavy atom. The molecule has 0 fully saturated rings. The molecule has 0 aliphatic heterocycles. The molecule has 0 aliphatic rings. The number of methoxy groups -OCH3 is 1. The summed E-state index contributed by atoms with van der Waals surface area (Å²) in [4.78, 5) is 22.6. The van der Waals surface area contributed by atoms with Crippen molar-refractivity contribution in [2.24, 2.45) is 0 Å². The number of ether oxygens (including phenoxy) is 1. The number of hydrogen-bond donors (Lipinski definition) is 2. The minimum Gasteiger partial charge on any atom is -0.480 e. The highest BCUT2D eigenvalue weighted by Gasteiger charge is 2.18. The van der Waals surface area contributed by atoms with Crippen molar-refractivity contribution < 1.29 is 19.4 Å². The zero-order chi connectivity index (χ0) is 13.5. The number of hydrogen-bond acceptors (Lipinski definition) is 3. The van der Waals surface area contributed by atoms with Crippen LogP contribution in [0.2, 0.25) is 0 Å². The third-order valence-corrected chi connectivity index (χ3v) is 2.54. The highest BCUT2D eigenvalue weighted by atomic mass is 16.5. The van der Waals surface area contributed by atoms with Gasteiger partial charge >= 0.3 is 5.97 Å². The van der Waals surface area contributed by atoms with Gasteiger partial charge in [0.1, 0.15) is 6.04 Å². The smallest absolute Gasteiger partial charge is 0.326 e. The monoisotopic (exact) mass is 251 g/mol. The van der Waals surface area contributed by atoms with Crippen molar-refractivity contribution >= 4 is 11.9 Å². The van der Waals surface area contributed by atoms with Gasteiger partial charge in [0.05, 0.1) is 6.61 Å². The molecule has 0 bridgehead atoms. The lowest BCUT2D eigenvalue weighted by atomic mass is 10.1. The standard InChI is InChI=1S/C13H17NO4/c1-3-11(13(16)17)14-12(15)10-6-4-9(5-7-10)8-18-2/h4-7,11H,3,8H2,1-2H3,(H,14,15)(H,16,17). The van der Waals surface area contributed by atoms with Gasteiger partial charge < -0.3 is 15.2 Å². The Balaban J connectivity index is 2.69. The van der Waals surface area contributed by atoms with Crippen LogP contribution in [-0.4, -0.2) is 30.1 Å². The first-order valence-electron chi connectivity index (χ1n) is 5.70. The summed E-state index contributed by atoms with van der Waals surface area (Å²) in [5, 5.41) is 11.3. The number of nitrogens with one attached hydrogen (secondary N) is 1. The molecule has 0 spiro atoms. The number of carbonyl (C=O) groups is 2. The maximum absolute atomic E-state index is 11.8. The van der Waals surface area contributed by atoms with Crippen LogP contribution in [0.4, 0.5) is 0 Å². The first kappa shape index (κ1) is 14.2. The third-order valence-electron chi connectivity index (χ3n) is 2.54. The Labute approximate surface area is 106 Å². The molecule has 1 unspecified atom stereocenters. The quantitative estimate of drug-likeness (QED) is 0.802. The molecule has 0 radical (unpaired) electrons. The van der Waals surface area contributed by atoms with E-state index in [-0.39, 0.29) is 5.91 Å². The number of aliphatic carboxylic acids is 1. The maximum Gasteiger partial charge on any atom is 0.326 e. The van der Waals surface area contributed by atoms with Crippen LogP contribution < -0.4 is 5.32 Å². The van der Waals surface area contributed by atoms with E-state index in [1.807, 2.05) is 0 Å². The molecule has 5 heteroatoms. The Kier molecular flexibility index (Phi) is 5.32. The van der Waals surface area contributed by atoms with Crippen molar-refractivity contribution in [1.29, 1.82) is 0 Å². The Morgan fingerprint density at radius 3 is 2.39 bits per heavy atom. The van der Waals surface area contributed by atoms with Crippen molar-refractivity contribution in [3.8, 4) is 0 Å². The van der Waals surface area contributed by atoms with E-state index >= 15 is 0 Å². The second kappa shape index (κ2) is 6.76. The summed E-state index contributed by atoms with van der Waals surface area (Å²) < 4.78 is 4.96. The van der Waals surface area contributed by atoms with Gasteiger partial charge in [0.15, 0.2) is 0 Å². The fourth-order valence-corrected chi connectivity index (χ4v) is 1.50. The second-order valence-electron chi connectivity index (χ2n) is 3.90. The molecular weight excluding hydrogens is 234 g/mol. The van der Waals surface area contributed by atoms with Crippen LogP contribution in [0.25, 0.3) is 0 Å². The molecule has 1 atom stereocenters. The Morgan fingerprint density at radius 2 is 1.94 bits per heavy atom. The average molecular weight is 251 g/mol. The van der Waals surface area contributed by atoms with E-state index in [0.29, 0.717) is 18.6 Å². The lowest BCUT2D eigenvalue weighted by Crippen LogP contribution is -2.40. The van der Waals surface area contributed by atoms with Crippen molar-refractivity contribution in [2.75, 3.05) is 7.11 Å². The largest absolute Gasteiger partial charge is 0.480 e. The summed E-state index contributed by atoms with van der Waals surface area (Å²) >= 11 is 0. The first-order chi connectivity index (χ1) is 8.58.